The van der Waals surface area contributed by atoms with E-state index < -0.39 is 0 Å². The van der Waals surface area contributed by atoms with Gasteiger partial charge in [-0.3, -0.25) is 4.79 Å². The number of nitrogens with one attached hydrogen (secondary N) is 1. The van der Waals surface area contributed by atoms with Gasteiger partial charge in [0.1, 0.15) is 5.82 Å². The van der Waals surface area contributed by atoms with Crippen LogP contribution < -0.4 is 10.2 Å². The predicted octanol–water partition coefficient (Wildman–Crippen LogP) is 3.26. The minimum atomic E-state index is -0.210. The molecule has 0 unspecified atom stereocenters. The Morgan fingerprint density at radius 1 is 1.33 bits per heavy atom. The van der Waals surface area contributed by atoms with Crippen molar-refractivity contribution in [2.45, 2.75) is 6.54 Å². The number of rotatable bonds is 4. The van der Waals surface area contributed by atoms with Crippen LogP contribution in [0.2, 0.25) is 5.02 Å². The third-order valence-electron chi connectivity index (χ3n) is 3.79. The highest BCUT2D eigenvalue weighted by atomic mass is 79.9. The first kappa shape index (κ1) is 17.2. The lowest BCUT2D eigenvalue weighted by molar-refractivity contribution is 0.0950. The average Bonchev–Trinajstić information content (AvgIpc) is 2.62. The molecule has 5 nitrogen and oxygen atoms in total. The quantitative estimate of drug-likeness (QED) is 0.840. The first-order chi connectivity index (χ1) is 11.6. The number of hydrogen-bond donors (Lipinski definition) is 1. The van der Waals surface area contributed by atoms with Gasteiger partial charge in [0.2, 0.25) is 0 Å². The number of anilines is 1. The van der Waals surface area contributed by atoms with Crippen molar-refractivity contribution >= 4 is 39.3 Å². The maximum absolute atomic E-state index is 12.4. The highest BCUT2D eigenvalue weighted by Gasteiger charge is 2.17. The summed E-state index contributed by atoms with van der Waals surface area (Å²) in [6.45, 7) is 3.37. The molecule has 1 saturated heterocycles. The molecular formula is C17H17BrClN3O2. The van der Waals surface area contributed by atoms with Crippen LogP contribution in [-0.4, -0.2) is 37.2 Å². The lowest BCUT2D eigenvalue weighted by Crippen LogP contribution is -2.37. The van der Waals surface area contributed by atoms with Gasteiger partial charge in [0.25, 0.3) is 5.91 Å². The summed E-state index contributed by atoms with van der Waals surface area (Å²) in [6, 6.07) is 9.06. The van der Waals surface area contributed by atoms with E-state index in [1.165, 1.54) is 0 Å². The molecule has 3 rings (SSSR count). The summed E-state index contributed by atoms with van der Waals surface area (Å²) in [5.41, 5.74) is 1.42. The van der Waals surface area contributed by atoms with Crippen molar-refractivity contribution in [1.29, 1.82) is 0 Å². The second-order valence-corrected chi connectivity index (χ2v) is 6.72. The van der Waals surface area contributed by atoms with Crippen LogP contribution in [0.3, 0.4) is 0 Å². The molecule has 1 aromatic carbocycles. The molecule has 2 aromatic rings. The third-order valence-corrected chi connectivity index (χ3v) is 4.61. The number of nitrogens with zero attached hydrogens (tertiary/aromatic N) is 2. The standard InChI is InChI=1S/C17H17BrClN3O2/c18-13-3-4-15(19)14(10-13)17(23)21-11-12-2-1-5-20-16(12)22-6-8-24-9-7-22/h1-5,10H,6-9,11H2,(H,21,23). The smallest absolute Gasteiger partial charge is 0.253 e. The second kappa shape index (κ2) is 7.96. The number of halogens is 2. The molecule has 0 radical (unpaired) electrons. The summed E-state index contributed by atoms with van der Waals surface area (Å²) in [7, 11) is 0. The largest absolute Gasteiger partial charge is 0.378 e. The van der Waals surface area contributed by atoms with Crippen LogP contribution in [0.5, 0.6) is 0 Å². The molecule has 1 amide bonds. The summed E-state index contributed by atoms with van der Waals surface area (Å²) >= 11 is 9.47. The van der Waals surface area contributed by atoms with Crippen LogP contribution in [-0.2, 0) is 11.3 Å². The number of morpholine rings is 1. The zero-order chi connectivity index (χ0) is 16.9. The normalized spacial score (nSPS) is 14.5. The highest BCUT2D eigenvalue weighted by molar-refractivity contribution is 9.10. The number of benzene rings is 1. The van der Waals surface area contributed by atoms with Crippen molar-refractivity contribution in [3.8, 4) is 0 Å². The lowest BCUT2D eigenvalue weighted by Gasteiger charge is -2.29. The SMILES string of the molecule is O=C(NCc1cccnc1N1CCOCC1)c1cc(Br)ccc1Cl. The summed E-state index contributed by atoms with van der Waals surface area (Å²) in [6.07, 6.45) is 1.77. The molecule has 0 saturated carbocycles. The van der Waals surface area contributed by atoms with Gasteiger partial charge >= 0.3 is 0 Å². The van der Waals surface area contributed by atoms with E-state index in [9.17, 15) is 4.79 Å². The van der Waals surface area contributed by atoms with Gasteiger partial charge in [-0.25, -0.2) is 4.98 Å². The summed E-state index contributed by atoms with van der Waals surface area (Å²) < 4.78 is 6.20. The maximum Gasteiger partial charge on any atom is 0.253 e. The summed E-state index contributed by atoms with van der Waals surface area (Å²) in [5, 5.41) is 3.35. The Morgan fingerprint density at radius 3 is 2.92 bits per heavy atom. The zero-order valence-electron chi connectivity index (χ0n) is 13.0. The number of carbonyl (C=O) groups is 1. The van der Waals surface area contributed by atoms with E-state index in [1.54, 1.807) is 24.4 Å². The lowest BCUT2D eigenvalue weighted by atomic mass is 10.2. The van der Waals surface area contributed by atoms with Crippen LogP contribution in [0.1, 0.15) is 15.9 Å². The molecule has 24 heavy (non-hydrogen) atoms. The maximum atomic E-state index is 12.4. The predicted molar refractivity (Wildman–Crippen MR) is 97.6 cm³/mol. The van der Waals surface area contributed by atoms with Gasteiger partial charge in [0, 0.05) is 35.9 Å². The molecule has 0 spiro atoms. The molecule has 1 aliphatic rings. The van der Waals surface area contributed by atoms with Gasteiger partial charge in [-0.2, -0.15) is 0 Å². The number of amides is 1. The number of aromatic nitrogens is 1. The van der Waals surface area contributed by atoms with Crippen LogP contribution in [0.15, 0.2) is 41.0 Å². The molecule has 2 heterocycles. The van der Waals surface area contributed by atoms with Gasteiger partial charge in [-0.05, 0) is 24.3 Å². The van der Waals surface area contributed by atoms with Crippen molar-refractivity contribution < 1.29 is 9.53 Å². The van der Waals surface area contributed by atoms with Crippen molar-refractivity contribution in [2.24, 2.45) is 0 Å². The van der Waals surface area contributed by atoms with Crippen LogP contribution in [0, 0.1) is 0 Å². The van der Waals surface area contributed by atoms with Gasteiger partial charge in [0.15, 0.2) is 0 Å². The van der Waals surface area contributed by atoms with Crippen LogP contribution in [0.25, 0.3) is 0 Å². The van der Waals surface area contributed by atoms with Crippen molar-refractivity contribution in [3.05, 3.63) is 57.2 Å². The van der Waals surface area contributed by atoms with Gasteiger partial charge < -0.3 is 15.0 Å². The van der Waals surface area contributed by atoms with Crippen LogP contribution >= 0.6 is 27.5 Å². The second-order valence-electron chi connectivity index (χ2n) is 5.39. The molecule has 1 N–H and O–H groups in total. The van der Waals surface area contributed by atoms with E-state index in [2.05, 4.69) is 31.1 Å². The Bertz CT molecular complexity index is 736. The monoisotopic (exact) mass is 409 g/mol. The molecule has 1 aromatic heterocycles. The Balaban J connectivity index is 1.72. The van der Waals surface area contributed by atoms with Gasteiger partial charge in [0.05, 0.1) is 23.8 Å². The molecule has 0 bridgehead atoms. The molecule has 126 valence electrons. The fourth-order valence-electron chi connectivity index (χ4n) is 2.57. The van der Waals surface area contributed by atoms with Gasteiger partial charge in [-0.1, -0.05) is 33.6 Å². The Hall–Kier alpha value is -1.63. The van der Waals surface area contributed by atoms with E-state index >= 15 is 0 Å². The van der Waals surface area contributed by atoms with Crippen molar-refractivity contribution in [2.75, 3.05) is 31.2 Å². The number of ether oxygens (including phenoxy) is 1. The molecule has 0 atom stereocenters. The van der Waals surface area contributed by atoms with E-state index in [-0.39, 0.29) is 5.91 Å². The van der Waals surface area contributed by atoms with Gasteiger partial charge in [-0.15, -0.1) is 0 Å². The topological polar surface area (TPSA) is 54.5 Å². The average molecular weight is 411 g/mol. The Labute approximate surface area is 154 Å². The van der Waals surface area contributed by atoms with E-state index in [0.29, 0.717) is 30.3 Å². The molecule has 1 fully saturated rings. The zero-order valence-corrected chi connectivity index (χ0v) is 15.3. The number of pyridine rings is 1. The number of carbonyl (C=O) groups excluding carboxylic acids is 1. The van der Waals surface area contributed by atoms with Crippen molar-refractivity contribution in [3.63, 3.8) is 0 Å². The Kier molecular flexibility index (Phi) is 5.71. The first-order valence-electron chi connectivity index (χ1n) is 7.65. The molecule has 1 aliphatic heterocycles. The minimum absolute atomic E-state index is 0.210. The highest BCUT2D eigenvalue weighted by Crippen LogP contribution is 2.22. The fourth-order valence-corrected chi connectivity index (χ4v) is 3.13. The molecule has 0 aliphatic carbocycles. The fraction of sp³-hybridized carbons (Fsp3) is 0.294. The first-order valence-corrected chi connectivity index (χ1v) is 8.82. The van der Waals surface area contributed by atoms with E-state index in [0.717, 1.165) is 28.9 Å². The molecular weight excluding hydrogens is 394 g/mol. The Morgan fingerprint density at radius 2 is 2.12 bits per heavy atom. The van der Waals surface area contributed by atoms with E-state index in [4.69, 9.17) is 16.3 Å². The number of hydrogen-bond acceptors (Lipinski definition) is 4. The minimum Gasteiger partial charge on any atom is -0.378 e. The summed E-state index contributed by atoms with van der Waals surface area (Å²) in [5.74, 6) is 0.680. The van der Waals surface area contributed by atoms with E-state index in [1.807, 2.05) is 12.1 Å². The van der Waals surface area contributed by atoms with Crippen molar-refractivity contribution in [1.82, 2.24) is 10.3 Å². The summed E-state index contributed by atoms with van der Waals surface area (Å²) in [4.78, 5) is 19.1. The molecule has 7 heteroatoms. The van der Waals surface area contributed by atoms with Crippen LogP contribution in [0.4, 0.5) is 5.82 Å². The third kappa shape index (κ3) is 4.06.